The molecule has 0 saturated carbocycles. The van der Waals surface area contributed by atoms with Crippen LogP contribution < -0.4 is 5.32 Å². The summed E-state index contributed by atoms with van der Waals surface area (Å²) in [5.41, 5.74) is 0.370. The van der Waals surface area contributed by atoms with Crippen LogP contribution in [0.1, 0.15) is 58.9 Å². The van der Waals surface area contributed by atoms with E-state index in [9.17, 15) is 34.1 Å². The number of likely N-dealkylation sites (tertiary alicyclic amines) is 1. The maximum Gasteiger partial charge on any atom is 0.329 e. The van der Waals surface area contributed by atoms with E-state index >= 15 is 0 Å². The number of nitrogens with one attached hydrogen (secondary N) is 1. The van der Waals surface area contributed by atoms with E-state index in [0.717, 1.165) is 5.56 Å². The number of amides is 1. The number of carboxylic acid groups (broad SMARTS) is 2. The second-order valence-corrected chi connectivity index (χ2v) is 10.8. The highest BCUT2D eigenvalue weighted by molar-refractivity contribution is 5.90. The second kappa shape index (κ2) is 18.9. The first-order chi connectivity index (χ1) is 20.6. The molecule has 0 unspecified atom stereocenters. The Kier molecular flexibility index (Phi) is 16.1. The molecule has 15 nitrogen and oxygen atoms in total. The van der Waals surface area contributed by atoms with Gasteiger partial charge in [0.25, 0.3) is 5.09 Å². The standard InChI is InChI=1S/C25H37N3O8.C4H4O4/c1-18(22(29)27-15-8-12-21(27)24(31)36-25(2,3)4)26-20(14-13-19-10-6-5-7-11-19)23(30)34-16-9-17-35-28(32)33;5-3(6)1-2-4(7)8/h5-7,10-11,18,20-21,26H,8-9,12-17H2,1-4H3;1-2H,(H,5,6)(H,7,8)/b;2-1-/t18-,20-,21-;/m0./s1. The van der Waals surface area contributed by atoms with Crippen molar-refractivity contribution in [3.63, 3.8) is 0 Å². The summed E-state index contributed by atoms with van der Waals surface area (Å²) in [5.74, 6) is -3.80. The number of rotatable bonds is 15. The highest BCUT2D eigenvalue weighted by Gasteiger charge is 2.39. The smallest absolute Gasteiger partial charge is 0.329 e. The van der Waals surface area contributed by atoms with Crippen LogP contribution >= 0.6 is 0 Å². The number of carbonyl (C=O) groups is 5. The molecule has 1 aliphatic heterocycles. The van der Waals surface area contributed by atoms with Gasteiger partial charge in [-0.25, -0.2) is 14.4 Å². The second-order valence-electron chi connectivity index (χ2n) is 10.8. The maximum absolute atomic E-state index is 13.2. The highest BCUT2D eigenvalue weighted by Crippen LogP contribution is 2.22. The molecule has 0 radical (unpaired) electrons. The Morgan fingerprint density at radius 2 is 1.70 bits per heavy atom. The lowest BCUT2D eigenvalue weighted by atomic mass is 10.0. The molecule has 15 heteroatoms. The number of carbonyl (C=O) groups excluding carboxylic acids is 3. The van der Waals surface area contributed by atoms with Gasteiger partial charge in [0.2, 0.25) is 5.91 Å². The number of carboxylic acids is 2. The fourth-order valence-electron chi connectivity index (χ4n) is 4.11. The van der Waals surface area contributed by atoms with Crippen LogP contribution in [-0.2, 0) is 44.7 Å². The zero-order chi connectivity index (χ0) is 33.3. The van der Waals surface area contributed by atoms with Gasteiger partial charge in [0.05, 0.1) is 19.3 Å². The zero-order valence-corrected chi connectivity index (χ0v) is 25.3. The van der Waals surface area contributed by atoms with Gasteiger partial charge in [-0.15, -0.1) is 10.1 Å². The number of hydrogen-bond acceptors (Lipinski definition) is 11. The molecule has 1 aromatic rings. The van der Waals surface area contributed by atoms with Gasteiger partial charge in [-0.1, -0.05) is 30.3 Å². The van der Waals surface area contributed by atoms with Crippen LogP contribution in [0.25, 0.3) is 0 Å². The van der Waals surface area contributed by atoms with Crippen molar-refractivity contribution in [2.75, 3.05) is 19.8 Å². The summed E-state index contributed by atoms with van der Waals surface area (Å²) >= 11 is 0. The van der Waals surface area contributed by atoms with Gasteiger partial charge in [-0.3, -0.25) is 14.9 Å². The monoisotopic (exact) mass is 623 g/mol. The Balaban J connectivity index is 0.00000106. The number of aryl methyl sites for hydroxylation is 1. The minimum absolute atomic E-state index is 0.0502. The highest BCUT2D eigenvalue weighted by atomic mass is 16.9. The van der Waals surface area contributed by atoms with Crippen LogP contribution in [0.15, 0.2) is 42.5 Å². The number of aliphatic carboxylic acids is 2. The van der Waals surface area contributed by atoms with Crippen molar-refractivity contribution < 1.29 is 53.6 Å². The molecular weight excluding hydrogens is 582 g/mol. The van der Waals surface area contributed by atoms with E-state index < -0.39 is 52.7 Å². The third-order valence-corrected chi connectivity index (χ3v) is 5.98. The first-order valence-corrected chi connectivity index (χ1v) is 14.0. The predicted molar refractivity (Wildman–Crippen MR) is 155 cm³/mol. The number of ether oxygens (including phenoxy) is 2. The van der Waals surface area contributed by atoms with Gasteiger partial charge in [-0.2, -0.15) is 0 Å². The lowest BCUT2D eigenvalue weighted by molar-refractivity contribution is -0.757. The molecule has 0 aliphatic carbocycles. The lowest BCUT2D eigenvalue weighted by Crippen LogP contribution is -2.54. The zero-order valence-electron chi connectivity index (χ0n) is 25.3. The molecule has 3 atom stereocenters. The van der Waals surface area contributed by atoms with Crippen LogP contribution in [0.3, 0.4) is 0 Å². The molecule has 44 heavy (non-hydrogen) atoms. The maximum atomic E-state index is 13.2. The SMILES string of the molecule is C[C@H](N[C@@H](CCc1ccccc1)C(=O)OCCCO[N+](=O)[O-])C(=O)N1CCC[C@H]1C(=O)OC(C)(C)C.O=C(O)/C=C\C(=O)O. The molecule has 3 N–H and O–H groups in total. The first-order valence-electron chi connectivity index (χ1n) is 14.0. The quantitative estimate of drug-likeness (QED) is 0.0841. The van der Waals surface area contributed by atoms with E-state index in [1.165, 1.54) is 4.90 Å². The third-order valence-electron chi connectivity index (χ3n) is 5.98. The van der Waals surface area contributed by atoms with E-state index in [1.807, 2.05) is 30.3 Å². The van der Waals surface area contributed by atoms with Crippen molar-refractivity contribution >= 4 is 29.8 Å². The Labute approximate surface area is 255 Å². The van der Waals surface area contributed by atoms with E-state index in [1.54, 1.807) is 27.7 Å². The van der Waals surface area contributed by atoms with Crippen LogP contribution in [0, 0.1) is 10.1 Å². The van der Waals surface area contributed by atoms with Crippen molar-refractivity contribution in [3.8, 4) is 0 Å². The Bertz CT molecular complexity index is 1130. The molecule has 244 valence electrons. The van der Waals surface area contributed by atoms with Gasteiger partial charge in [0.1, 0.15) is 17.7 Å². The molecule has 1 heterocycles. The van der Waals surface area contributed by atoms with E-state index in [4.69, 9.17) is 19.7 Å². The van der Waals surface area contributed by atoms with Gasteiger partial charge >= 0.3 is 23.9 Å². The first kappa shape index (κ1) is 37.5. The predicted octanol–water partition coefficient (Wildman–Crippen LogP) is 2.15. The van der Waals surface area contributed by atoms with Crippen molar-refractivity contribution in [1.29, 1.82) is 0 Å². The van der Waals surface area contributed by atoms with Gasteiger partial charge in [-0.05, 0) is 58.9 Å². The van der Waals surface area contributed by atoms with Crippen molar-refractivity contribution in [3.05, 3.63) is 58.2 Å². The molecule has 2 rings (SSSR count). The molecule has 0 aromatic heterocycles. The lowest BCUT2D eigenvalue weighted by Gasteiger charge is -2.30. The molecule has 0 spiro atoms. The summed E-state index contributed by atoms with van der Waals surface area (Å²) in [6.07, 6.45) is 3.44. The summed E-state index contributed by atoms with van der Waals surface area (Å²) in [7, 11) is 0. The largest absolute Gasteiger partial charge is 0.478 e. The van der Waals surface area contributed by atoms with E-state index in [0.29, 0.717) is 44.4 Å². The van der Waals surface area contributed by atoms with Crippen LogP contribution in [0.5, 0.6) is 0 Å². The van der Waals surface area contributed by atoms with E-state index in [2.05, 4.69) is 10.2 Å². The Morgan fingerprint density at radius 1 is 1.09 bits per heavy atom. The molecule has 1 saturated heterocycles. The number of hydrogen-bond donors (Lipinski definition) is 3. The average Bonchev–Trinajstić information content (AvgIpc) is 3.43. The van der Waals surface area contributed by atoms with Gasteiger partial charge in [0, 0.05) is 25.1 Å². The minimum atomic E-state index is -1.26. The molecule has 1 amide bonds. The van der Waals surface area contributed by atoms with Crippen molar-refractivity contribution in [1.82, 2.24) is 10.2 Å². The fourth-order valence-corrected chi connectivity index (χ4v) is 4.11. The number of benzene rings is 1. The normalized spacial score (nSPS) is 15.8. The van der Waals surface area contributed by atoms with Crippen molar-refractivity contribution in [2.24, 2.45) is 0 Å². The van der Waals surface area contributed by atoms with Crippen LogP contribution in [0.4, 0.5) is 0 Å². The molecule has 1 fully saturated rings. The molecular formula is C29H41N3O12. The average molecular weight is 624 g/mol. The number of nitrogens with zero attached hydrogens (tertiary/aromatic N) is 2. The summed E-state index contributed by atoms with van der Waals surface area (Å²) in [4.78, 5) is 73.8. The van der Waals surface area contributed by atoms with Crippen molar-refractivity contribution in [2.45, 2.75) is 83.5 Å². The third kappa shape index (κ3) is 15.6. The Morgan fingerprint density at radius 3 is 2.25 bits per heavy atom. The summed E-state index contributed by atoms with van der Waals surface area (Å²) in [6, 6.07) is 7.41. The summed E-state index contributed by atoms with van der Waals surface area (Å²) in [6.45, 7) is 7.20. The van der Waals surface area contributed by atoms with Gasteiger partial charge < -0.3 is 29.4 Å². The van der Waals surface area contributed by atoms with Gasteiger partial charge in [0.15, 0.2) is 0 Å². The molecule has 0 bridgehead atoms. The molecule has 1 aliphatic rings. The summed E-state index contributed by atoms with van der Waals surface area (Å²) in [5, 5.41) is 28.0. The number of esters is 2. The molecule has 1 aromatic carbocycles. The Hall–Kier alpha value is -4.53. The van der Waals surface area contributed by atoms with E-state index in [-0.39, 0.29) is 25.5 Å². The van der Waals surface area contributed by atoms with Crippen LogP contribution in [-0.4, -0.2) is 93.5 Å². The topological polar surface area (TPSA) is 212 Å². The van der Waals surface area contributed by atoms with Crippen LogP contribution in [0.2, 0.25) is 0 Å². The minimum Gasteiger partial charge on any atom is -0.478 e. The summed E-state index contributed by atoms with van der Waals surface area (Å²) < 4.78 is 10.8. The fraction of sp³-hybridized carbons (Fsp3) is 0.552.